The number of hydrogen-bond acceptors (Lipinski definition) is 6. The van der Waals surface area contributed by atoms with E-state index in [1.807, 2.05) is 0 Å². The number of nitrogens with one attached hydrogen (secondary N) is 2. The van der Waals surface area contributed by atoms with Gasteiger partial charge in [-0.05, 0) is 64.2 Å². The molecule has 9 nitrogen and oxygen atoms in total. The Labute approximate surface area is 343 Å². The number of aliphatic carboxylic acids is 1. The summed E-state index contributed by atoms with van der Waals surface area (Å²) in [7, 11) is 0. The van der Waals surface area contributed by atoms with Gasteiger partial charge in [0.1, 0.15) is 12.1 Å². The van der Waals surface area contributed by atoms with Crippen molar-refractivity contribution in [3.63, 3.8) is 0 Å². The molecular formula is C47H86N2O7. The Morgan fingerprint density at radius 2 is 1.00 bits per heavy atom. The Morgan fingerprint density at radius 3 is 1.50 bits per heavy atom. The molecule has 0 aromatic heterocycles. The van der Waals surface area contributed by atoms with Crippen molar-refractivity contribution in [2.45, 2.75) is 238 Å². The highest BCUT2D eigenvalue weighted by Crippen LogP contribution is 2.19. The maximum absolute atomic E-state index is 12.8. The number of allylic oxidation sites excluding steroid dienone is 4. The number of aliphatic hydroxyl groups excluding tert-OH is 1. The van der Waals surface area contributed by atoms with Crippen molar-refractivity contribution in [3.8, 4) is 0 Å². The molecule has 2 atom stereocenters. The summed E-state index contributed by atoms with van der Waals surface area (Å²) in [5.74, 6) is -2.29. The lowest BCUT2D eigenvalue weighted by atomic mass is 10.0. The normalized spacial score (nSPS) is 12.6. The van der Waals surface area contributed by atoms with E-state index < -0.39 is 24.5 Å². The van der Waals surface area contributed by atoms with E-state index in [1.54, 1.807) is 0 Å². The summed E-state index contributed by atoms with van der Waals surface area (Å²) in [5.41, 5.74) is 0. The molecule has 2 amide bonds. The standard InChI is InChI=1S/C47H86N2O7/c1-3-5-7-9-11-13-15-17-18-20-21-23-25-28-32-36-42(56-46(53)39-35-31-26-24-22-19-16-14-12-10-8-6-4-2)37-33-29-27-30-34-38-44(51)48-40-45(52)49-43(41-50)47(54)55/h8,10,14,16,42-43,50H,3-7,9,11-13,15,17-41H2,1-2H3,(H,48,51)(H,49,52)(H,54,55)/b10-8-,16-14-. The van der Waals surface area contributed by atoms with E-state index in [2.05, 4.69) is 48.8 Å². The molecule has 0 bridgehead atoms. The van der Waals surface area contributed by atoms with Crippen molar-refractivity contribution in [2.75, 3.05) is 13.2 Å². The van der Waals surface area contributed by atoms with Gasteiger partial charge in [0, 0.05) is 12.8 Å². The van der Waals surface area contributed by atoms with Crippen molar-refractivity contribution >= 4 is 23.8 Å². The zero-order chi connectivity index (χ0) is 41.2. The second-order valence-corrected chi connectivity index (χ2v) is 15.8. The molecule has 4 N–H and O–H groups in total. The van der Waals surface area contributed by atoms with Crippen molar-refractivity contribution in [2.24, 2.45) is 0 Å². The molecule has 326 valence electrons. The largest absolute Gasteiger partial charge is 0.480 e. The van der Waals surface area contributed by atoms with Crippen LogP contribution in [-0.4, -0.2) is 59.3 Å². The maximum atomic E-state index is 12.8. The molecule has 0 aromatic rings. The highest BCUT2D eigenvalue weighted by molar-refractivity contribution is 5.87. The van der Waals surface area contributed by atoms with Crippen LogP contribution in [0.15, 0.2) is 24.3 Å². The molecular weight excluding hydrogens is 705 g/mol. The second kappa shape index (κ2) is 41.9. The first kappa shape index (κ1) is 53.3. The van der Waals surface area contributed by atoms with Crippen molar-refractivity contribution in [1.29, 1.82) is 0 Å². The van der Waals surface area contributed by atoms with Gasteiger partial charge in [-0.2, -0.15) is 0 Å². The first-order chi connectivity index (χ1) is 27.3. The maximum Gasteiger partial charge on any atom is 0.328 e. The number of unbranched alkanes of at least 4 members (excludes halogenated alkanes) is 24. The minimum absolute atomic E-state index is 0.0171. The Hall–Kier alpha value is -2.68. The van der Waals surface area contributed by atoms with Crippen LogP contribution in [0.4, 0.5) is 0 Å². The number of carboxylic acid groups (broad SMARTS) is 1. The second-order valence-electron chi connectivity index (χ2n) is 15.8. The van der Waals surface area contributed by atoms with Crippen LogP contribution in [0.5, 0.6) is 0 Å². The van der Waals surface area contributed by atoms with Crippen molar-refractivity contribution in [1.82, 2.24) is 10.6 Å². The highest BCUT2D eigenvalue weighted by Gasteiger charge is 2.19. The van der Waals surface area contributed by atoms with E-state index in [1.165, 1.54) is 109 Å². The molecule has 0 aliphatic heterocycles. The number of rotatable bonds is 42. The summed E-state index contributed by atoms with van der Waals surface area (Å²) >= 11 is 0. The molecule has 0 saturated carbocycles. The molecule has 0 spiro atoms. The van der Waals surface area contributed by atoms with Crippen molar-refractivity contribution < 1.29 is 34.1 Å². The molecule has 0 fully saturated rings. The van der Waals surface area contributed by atoms with E-state index in [-0.39, 0.29) is 24.5 Å². The lowest BCUT2D eigenvalue weighted by molar-refractivity contribution is -0.150. The van der Waals surface area contributed by atoms with E-state index in [9.17, 15) is 19.2 Å². The average Bonchev–Trinajstić information content (AvgIpc) is 3.18. The number of carbonyl (C=O) groups excluding carboxylic acids is 3. The average molecular weight is 791 g/mol. The third kappa shape index (κ3) is 38.2. The summed E-state index contributed by atoms with van der Waals surface area (Å²) < 4.78 is 6.04. The number of amides is 2. The summed E-state index contributed by atoms with van der Waals surface area (Å²) in [5, 5.41) is 22.6. The predicted octanol–water partition coefficient (Wildman–Crippen LogP) is 11.6. The van der Waals surface area contributed by atoms with E-state index >= 15 is 0 Å². The van der Waals surface area contributed by atoms with Crippen LogP contribution >= 0.6 is 0 Å². The number of carbonyl (C=O) groups is 4. The molecule has 0 saturated heterocycles. The Bertz CT molecular complexity index is 999. The lowest BCUT2D eigenvalue weighted by Crippen LogP contribution is -2.47. The SMILES string of the molecule is CCC/C=C\C/C=C\CCCCCCCC(=O)OC(CCCCCCCCCCCCCCCCC)CCCCCCCC(=O)NCC(=O)NC(CO)C(=O)O. The topological polar surface area (TPSA) is 142 Å². The van der Waals surface area contributed by atoms with Crippen LogP contribution in [0.25, 0.3) is 0 Å². The fourth-order valence-electron chi connectivity index (χ4n) is 6.87. The van der Waals surface area contributed by atoms with Gasteiger partial charge in [-0.25, -0.2) is 4.79 Å². The molecule has 0 rings (SSSR count). The minimum atomic E-state index is -1.38. The minimum Gasteiger partial charge on any atom is -0.480 e. The first-order valence-corrected chi connectivity index (χ1v) is 23.2. The van der Waals surface area contributed by atoms with Crippen LogP contribution in [0, 0.1) is 0 Å². The van der Waals surface area contributed by atoms with Gasteiger partial charge in [-0.15, -0.1) is 0 Å². The highest BCUT2D eigenvalue weighted by atomic mass is 16.5. The van der Waals surface area contributed by atoms with Gasteiger partial charge >= 0.3 is 11.9 Å². The number of esters is 1. The van der Waals surface area contributed by atoms with Crippen molar-refractivity contribution in [3.05, 3.63) is 24.3 Å². The third-order valence-electron chi connectivity index (χ3n) is 10.4. The molecule has 0 radical (unpaired) electrons. The van der Waals surface area contributed by atoms with Gasteiger partial charge < -0.3 is 25.6 Å². The smallest absolute Gasteiger partial charge is 0.328 e. The zero-order valence-corrected chi connectivity index (χ0v) is 36.1. The van der Waals surface area contributed by atoms with Crippen LogP contribution in [0.3, 0.4) is 0 Å². The summed E-state index contributed by atoms with van der Waals surface area (Å²) in [6.07, 6.45) is 46.3. The zero-order valence-electron chi connectivity index (χ0n) is 36.1. The van der Waals surface area contributed by atoms with Crippen LogP contribution in [0.1, 0.15) is 226 Å². The van der Waals surface area contributed by atoms with Gasteiger partial charge in [-0.3, -0.25) is 14.4 Å². The number of ether oxygens (including phenoxy) is 1. The molecule has 0 heterocycles. The number of hydrogen-bond donors (Lipinski definition) is 4. The van der Waals surface area contributed by atoms with E-state index in [4.69, 9.17) is 14.9 Å². The van der Waals surface area contributed by atoms with Gasteiger partial charge in [0.25, 0.3) is 0 Å². The molecule has 9 heteroatoms. The number of carboxylic acids is 1. The summed E-state index contributed by atoms with van der Waals surface area (Å²) in [6, 6.07) is -1.38. The lowest BCUT2D eigenvalue weighted by Gasteiger charge is -2.18. The van der Waals surface area contributed by atoms with E-state index in [0.29, 0.717) is 19.3 Å². The molecule has 2 unspecified atom stereocenters. The monoisotopic (exact) mass is 791 g/mol. The van der Waals surface area contributed by atoms with Crippen LogP contribution in [-0.2, 0) is 23.9 Å². The molecule has 0 aliphatic carbocycles. The third-order valence-corrected chi connectivity index (χ3v) is 10.4. The molecule has 56 heavy (non-hydrogen) atoms. The molecule has 0 aromatic carbocycles. The molecule has 0 aliphatic rings. The summed E-state index contributed by atoms with van der Waals surface area (Å²) in [6.45, 7) is 3.44. The van der Waals surface area contributed by atoms with Gasteiger partial charge in [-0.1, -0.05) is 173 Å². The Balaban J connectivity index is 4.33. The quantitative estimate of drug-likeness (QED) is 0.0274. The van der Waals surface area contributed by atoms with Crippen LogP contribution < -0.4 is 10.6 Å². The van der Waals surface area contributed by atoms with Crippen LogP contribution in [0.2, 0.25) is 0 Å². The number of aliphatic hydroxyl groups is 1. The Morgan fingerprint density at radius 1 is 0.536 bits per heavy atom. The van der Waals surface area contributed by atoms with Gasteiger partial charge in [0.2, 0.25) is 11.8 Å². The predicted molar refractivity (Wildman–Crippen MR) is 232 cm³/mol. The van der Waals surface area contributed by atoms with Gasteiger partial charge in [0.05, 0.1) is 13.2 Å². The Kier molecular flexibility index (Phi) is 39.9. The van der Waals surface area contributed by atoms with E-state index in [0.717, 1.165) is 83.5 Å². The fourth-order valence-corrected chi connectivity index (χ4v) is 6.87. The summed E-state index contributed by atoms with van der Waals surface area (Å²) in [4.78, 5) is 47.6. The first-order valence-electron chi connectivity index (χ1n) is 23.2. The van der Waals surface area contributed by atoms with Gasteiger partial charge in [0.15, 0.2) is 0 Å². The fraction of sp³-hybridized carbons (Fsp3) is 0.830.